The molecule has 1 aromatic heterocycles. The Morgan fingerprint density at radius 2 is 1.72 bits per heavy atom. The van der Waals surface area contributed by atoms with E-state index in [0.717, 1.165) is 21.5 Å². The molecule has 0 unspecified atom stereocenters. The minimum atomic E-state index is -0.0126. The van der Waals surface area contributed by atoms with Gasteiger partial charge in [-0.05, 0) is 47.2 Å². The van der Waals surface area contributed by atoms with Crippen LogP contribution < -0.4 is 5.32 Å². The van der Waals surface area contributed by atoms with E-state index in [1.54, 1.807) is 18.0 Å². The highest BCUT2D eigenvalue weighted by molar-refractivity contribution is 8.00. The van der Waals surface area contributed by atoms with Crippen LogP contribution in [0, 0.1) is 0 Å². The molecule has 0 aliphatic carbocycles. The fourth-order valence-corrected chi connectivity index (χ4v) is 3.50. The van der Waals surface area contributed by atoms with Crippen LogP contribution >= 0.6 is 11.8 Å². The first kappa shape index (κ1) is 15.7. The van der Waals surface area contributed by atoms with E-state index in [-0.39, 0.29) is 5.91 Å². The van der Waals surface area contributed by atoms with Gasteiger partial charge >= 0.3 is 0 Å². The summed E-state index contributed by atoms with van der Waals surface area (Å²) in [6.45, 7) is 0. The van der Waals surface area contributed by atoms with Crippen LogP contribution in [0.15, 0.2) is 83.9 Å². The zero-order valence-corrected chi connectivity index (χ0v) is 14.3. The van der Waals surface area contributed by atoms with Crippen LogP contribution in [0.25, 0.3) is 21.7 Å². The van der Waals surface area contributed by atoms with Crippen LogP contribution in [0.5, 0.6) is 0 Å². The van der Waals surface area contributed by atoms with Crippen molar-refractivity contribution >= 4 is 45.0 Å². The number of carbonyl (C=O) groups excluding carboxylic acids is 1. The monoisotopic (exact) mass is 344 g/mol. The van der Waals surface area contributed by atoms with Gasteiger partial charge in [0.1, 0.15) is 0 Å². The lowest BCUT2D eigenvalue weighted by molar-refractivity contribution is -0.113. The van der Waals surface area contributed by atoms with Crippen LogP contribution in [0.1, 0.15) is 0 Å². The molecule has 0 saturated heterocycles. The zero-order valence-electron chi connectivity index (χ0n) is 13.5. The summed E-state index contributed by atoms with van der Waals surface area (Å²) in [5, 5.41) is 6.37. The normalized spacial score (nSPS) is 10.9. The van der Waals surface area contributed by atoms with Gasteiger partial charge in [0.15, 0.2) is 0 Å². The van der Waals surface area contributed by atoms with Crippen molar-refractivity contribution in [2.75, 3.05) is 11.1 Å². The lowest BCUT2D eigenvalue weighted by atomic mass is 10.1. The number of carbonyl (C=O) groups is 1. The molecule has 0 aliphatic heterocycles. The summed E-state index contributed by atoms with van der Waals surface area (Å²) in [4.78, 5) is 17.6. The van der Waals surface area contributed by atoms with E-state index in [4.69, 9.17) is 0 Å². The van der Waals surface area contributed by atoms with Crippen molar-refractivity contribution < 1.29 is 4.79 Å². The number of aromatic nitrogens is 1. The molecular formula is C21H16N2OS. The third-order valence-electron chi connectivity index (χ3n) is 3.98. The van der Waals surface area contributed by atoms with E-state index in [2.05, 4.69) is 40.6 Å². The quantitative estimate of drug-likeness (QED) is 0.523. The third-order valence-corrected chi connectivity index (χ3v) is 4.97. The molecule has 1 N–H and O–H groups in total. The first-order chi connectivity index (χ1) is 12.3. The summed E-state index contributed by atoms with van der Waals surface area (Å²) in [5.41, 5.74) is 1.72. The van der Waals surface area contributed by atoms with Crippen molar-refractivity contribution in [3.63, 3.8) is 0 Å². The van der Waals surface area contributed by atoms with Gasteiger partial charge in [-0.1, -0.05) is 36.4 Å². The van der Waals surface area contributed by atoms with Crippen molar-refractivity contribution in [3.05, 3.63) is 79.0 Å². The van der Waals surface area contributed by atoms with Crippen LogP contribution in [0.3, 0.4) is 0 Å². The number of pyridine rings is 1. The van der Waals surface area contributed by atoms with E-state index >= 15 is 0 Å². The average Bonchev–Trinajstić information content (AvgIpc) is 2.66. The number of benzene rings is 3. The number of hydrogen-bond acceptors (Lipinski definition) is 3. The Hall–Kier alpha value is -2.85. The van der Waals surface area contributed by atoms with Crippen molar-refractivity contribution in [2.24, 2.45) is 0 Å². The lowest BCUT2D eigenvalue weighted by Crippen LogP contribution is -2.13. The van der Waals surface area contributed by atoms with Crippen molar-refractivity contribution in [1.82, 2.24) is 4.98 Å². The van der Waals surface area contributed by atoms with E-state index in [0.29, 0.717) is 5.75 Å². The first-order valence-electron chi connectivity index (χ1n) is 8.04. The van der Waals surface area contributed by atoms with E-state index in [9.17, 15) is 4.79 Å². The van der Waals surface area contributed by atoms with Gasteiger partial charge in [0.25, 0.3) is 0 Å². The molecule has 3 aromatic carbocycles. The highest BCUT2D eigenvalue weighted by Crippen LogP contribution is 2.24. The molecule has 4 rings (SSSR count). The zero-order chi connectivity index (χ0) is 17.1. The first-order valence-corrected chi connectivity index (χ1v) is 9.03. The topological polar surface area (TPSA) is 42.0 Å². The van der Waals surface area contributed by atoms with Gasteiger partial charge in [-0.15, -0.1) is 11.8 Å². The number of rotatable bonds is 4. The maximum atomic E-state index is 12.2. The molecule has 0 radical (unpaired) electrons. The molecule has 1 heterocycles. The molecule has 3 nitrogen and oxygen atoms in total. The number of hydrogen-bond donors (Lipinski definition) is 1. The number of anilines is 1. The Balaban J connectivity index is 1.42. The van der Waals surface area contributed by atoms with Crippen LogP contribution in [0.4, 0.5) is 5.69 Å². The third kappa shape index (κ3) is 3.64. The minimum Gasteiger partial charge on any atom is -0.325 e. The fourth-order valence-electron chi connectivity index (χ4n) is 2.76. The number of nitrogens with zero attached hydrogens (tertiary/aromatic N) is 1. The van der Waals surface area contributed by atoms with Gasteiger partial charge in [0.05, 0.1) is 11.3 Å². The SMILES string of the molecule is O=C(CSc1ccc2ccccc2c1)Nc1ccc2ncccc2c1. The van der Waals surface area contributed by atoms with E-state index < -0.39 is 0 Å². The maximum absolute atomic E-state index is 12.2. The largest absolute Gasteiger partial charge is 0.325 e. The molecule has 0 saturated carbocycles. The Morgan fingerprint density at radius 3 is 2.64 bits per heavy atom. The average molecular weight is 344 g/mol. The summed E-state index contributed by atoms with van der Waals surface area (Å²) in [6.07, 6.45) is 1.76. The van der Waals surface area contributed by atoms with Gasteiger partial charge in [0, 0.05) is 22.2 Å². The lowest BCUT2D eigenvalue weighted by Gasteiger charge is -2.07. The second-order valence-corrected chi connectivity index (χ2v) is 6.81. The van der Waals surface area contributed by atoms with E-state index in [1.165, 1.54) is 10.8 Å². The van der Waals surface area contributed by atoms with Gasteiger partial charge in [-0.2, -0.15) is 0 Å². The van der Waals surface area contributed by atoms with Gasteiger partial charge in [0.2, 0.25) is 5.91 Å². The Kier molecular flexibility index (Phi) is 4.36. The fraction of sp³-hybridized carbons (Fsp3) is 0.0476. The summed E-state index contributed by atoms with van der Waals surface area (Å²) in [5.74, 6) is 0.366. The highest BCUT2D eigenvalue weighted by atomic mass is 32.2. The van der Waals surface area contributed by atoms with Crippen LogP contribution in [-0.4, -0.2) is 16.6 Å². The summed E-state index contributed by atoms with van der Waals surface area (Å²) >= 11 is 1.54. The van der Waals surface area contributed by atoms with Gasteiger partial charge < -0.3 is 5.32 Å². The smallest absolute Gasteiger partial charge is 0.234 e. The molecule has 0 spiro atoms. The Labute approximate surface area is 150 Å². The highest BCUT2D eigenvalue weighted by Gasteiger charge is 2.05. The molecular weight excluding hydrogens is 328 g/mol. The minimum absolute atomic E-state index is 0.0126. The molecule has 122 valence electrons. The molecule has 0 aliphatic rings. The number of nitrogens with one attached hydrogen (secondary N) is 1. The number of thioether (sulfide) groups is 1. The molecule has 0 bridgehead atoms. The molecule has 25 heavy (non-hydrogen) atoms. The maximum Gasteiger partial charge on any atom is 0.234 e. The molecule has 0 atom stereocenters. The molecule has 4 heteroatoms. The Morgan fingerprint density at radius 1 is 0.880 bits per heavy atom. The standard InChI is InChI=1S/C21H16N2OS/c24-21(23-18-8-10-20-17(12-18)6-3-11-22-20)14-25-19-9-7-15-4-1-2-5-16(15)13-19/h1-13H,14H2,(H,23,24). The van der Waals surface area contributed by atoms with Crippen LogP contribution in [-0.2, 0) is 4.79 Å². The Bertz CT molecular complexity index is 1060. The van der Waals surface area contributed by atoms with Crippen molar-refractivity contribution in [1.29, 1.82) is 0 Å². The summed E-state index contributed by atoms with van der Waals surface area (Å²) in [6, 6.07) is 24.1. The number of fused-ring (bicyclic) bond motifs is 2. The number of amides is 1. The summed E-state index contributed by atoms with van der Waals surface area (Å²) < 4.78 is 0. The summed E-state index contributed by atoms with van der Waals surface area (Å²) in [7, 11) is 0. The predicted molar refractivity (Wildman–Crippen MR) is 105 cm³/mol. The predicted octanol–water partition coefficient (Wildman–Crippen LogP) is 5.12. The molecule has 0 fully saturated rings. The van der Waals surface area contributed by atoms with Crippen molar-refractivity contribution in [3.8, 4) is 0 Å². The second kappa shape index (κ2) is 6.95. The molecule has 4 aromatic rings. The molecule has 1 amide bonds. The van der Waals surface area contributed by atoms with Gasteiger partial charge in [-0.3, -0.25) is 9.78 Å². The van der Waals surface area contributed by atoms with Gasteiger partial charge in [-0.25, -0.2) is 0 Å². The second-order valence-electron chi connectivity index (χ2n) is 5.76. The van der Waals surface area contributed by atoms with Crippen molar-refractivity contribution in [2.45, 2.75) is 4.90 Å². The van der Waals surface area contributed by atoms with Crippen LogP contribution in [0.2, 0.25) is 0 Å². The van der Waals surface area contributed by atoms with E-state index in [1.807, 2.05) is 42.5 Å².